The Bertz CT molecular complexity index is 684. The molecular formula is C20H24ClN3O. The van der Waals surface area contributed by atoms with Gasteiger partial charge in [-0.05, 0) is 37.1 Å². The van der Waals surface area contributed by atoms with Crippen LogP contribution in [0.25, 0.3) is 0 Å². The van der Waals surface area contributed by atoms with E-state index in [0.717, 1.165) is 45.6 Å². The number of aryl methyl sites for hydroxylation is 1. The summed E-state index contributed by atoms with van der Waals surface area (Å²) in [5.74, 6) is 0. The fourth-order valence-electron chi connectivity index (χ4n) is 3.08. The van der Waals surface area contributed by atoms with Gasteiger partial charge in [0.2, 0.25) is 0 Å². The summed E-state index contributed by atoms with van der Waals surface area (Å²) >= 11 is 6.10. The van der Waals surface area contributed by atoms with Crippen molar-refractivity contribution in [2.75, 3.05) is 38.0 Å². The lowest BCUT2D eigenvalue weighted by atomic mass is 10.1. The maximum atomic E-state index is 12.4. The third kappa shape index (κ3) is 5.21. The summed E-state index contributed by atoms with van der Waals surface area (Å²) in [4.78, 5) is 16.7. The first-order chi connectivity index (χ1) is 12.2. The number of carbonyl (C=O) groups excluding carboxylic acids is 1. The Morgan fingerprint density at radius 3 is 2.36 bits per heavy atom. The monoisotopic (exact) mass is 357 g/mol. The summed E-state index contributed by atoms with van der Waals surface area (Å²) < 4.78 is 0. The van der Waals surface area contributed by atoms with Crippen molar-refractivity contribution in [2.45, 2.75) is 12.8 Å². The molecule has 0 spiro atoms. The zero-order valence-corrected chi connectivity index (χ0v) is 15.1. The summed E-state index contributed by atoms with van der Waals surface area (Å²) in [6.45, 7) is 4.42. The number of carbonyl (C=O) groups is 1. The van der Waals surface area contributed by atoms with Gasteiger partial charge in [-0.2, -0.15) is 0 Å². The van der Waals surface area contributed by atoms with E-state index >= 15 is 0 Å². The van der Waals surface area contributed by atoms with Crippen LogP contribution in [0.5, 0.6) is 0 Å². The third-order valence-electron chi connectivity index (χ3n) is 4.56. The first-order valence-corrected chi connectivity index (χ1v) is 9.17. The van der Waals surface area contributed by atoms with E-state index in [9.17, 15) is 4.79 Å². The number of rotatable bonds is 5. The minimum atomic E-state index is -0.0722. The quantitative estimate of drug-likeness (QED) is 0.873. The maximum Gasteiger partial charge on any atom is 0.321 e. The van der Waals surface area contributed by atoms with Crippen molar-refractivity contribution in [1.29, 1.82) is 0 Å². The van der Waals surface area contributed by atoms with Crippen LogP contribution < -0.4 is 5.32 Å². The minimum Gasteiger partial charge on any atom is -0.322 e. The van der Waals surface area contributed by atoms with Crippen LogP contribution in [0.3, 0.4) is 0 Å². The molecule has 2 amide bonds. The number of benzene rings is 2. The second-order valence-electron chi connectivity index (χ2n) is 6.33. The summed E-state index contributed by atoms with van der Waals surface area (Å²) in [5, 5.41) is 3.46. The van der Waals surface area contributed by atoms with E-state index in [0.29, 0.717) is 10.7 Å². The number of urea groups is 1. The second kappa shape index (κ2) is 8.88. The molecule has 0 atom stereocenters. The maximum absolute atomic E-state index is 12.4. The highest BCUT2D eigenvalue weighted by Gasteiger charge is 2.21. The van der Waals surface area contributed by atoms with E-state index in [1.54, 1.807) is 6.07 Å². The van der Waals surface area contributed by atoms with Crippen molar-refractivity contribution < 1.29 is 4.79 Å². The van der Waals surface area contributed by atoms with Crippen LogP contribution in [-0.4, -0.2) is 48.6 Å². The SMILES string of the molecule is O=C(Nc1ccccc1Cl)N1CCN(CCCc2ccccc2)CC1. The molecule has 1 aliphatic heterocycles. The smallest absolute Gasteiger partial charge is 0.321 e. The zero-order chi connectivity index (χ0) is 17.5. The highest BCUT2D eigenvalue weighted by atomic mass is 35.5. The predicted octanol–water partition coefficient (Wildman–Crippen LogP) is 4.12. The van der Waals surface area contributed by atoms with E-state index < -0.39 is 0 Å². The molecule has 1 saturated heterocycles. The fraction of sp³-hybridized carbons (Fsp3) is 0.350. The molecule has 132 valence electrons. The summed E-state index contributed by atoms with van der Waals surface area (Å²) in [6, 6.07) is 17.8. The number of nitrogens with zero attached hydrogens (tertiary/aromatic N) is 2. The topological polar surface area (TPSA) is 35.6 Å². The molecule has 4 nitrogen and oxygen atoms in total. The molecule has 2 aromatic carbocycles. The molecular weight excluding hydrogens is 334 g/mol. The largest absolute Gasteiger partial charge is 0.322 e. The number of piperazine rings is 1. The zero-order valence-electron chi connectivity index (χ0n) is 14.3. The number of halogens is 1. The van der Waals surface area contributed by atoms with Gasteiger partial charge in [0.05, 0.1) is 10.7 Å². The Morgan fingerprint density at radius 1 is 0.960 bits per heavy atom. The average molecular weight is 358 g/mol. The van der Waals surface area contributed by atoms with Gasteiger partial charge in [0, 0.05) is 26.2 Å². The Balaban J connectivity index is 1.39. The van der Waals surface area contributed by atoms with Crippen LogP contribution in [0.15, 0.2) is 54.6 Å². The van der Waals surface area contributed by atoms with Crippen LogP contribution >= 0.6 is 11.6 Å². The summed E-state index contributed by atoms with van der Waals surface area (Å²) in [5.41, 5.74) is 2.06. The number of nitrogens with one attached hydrogen (secondary N) is 1. The van der Waals surface area contributed by atoms with E-state index in [2.05, 4.69) is 40.5 Å². The van der Waals surface area contributed by atoms with Gasteiger partial charge < -0.3 is 10.2 Å². The Hall–Kier alpha value is -2.04. The van der Waals surface area contributed by atoms with Gasteiger partial charge in [0.25, 0.3) is 0 Å². The lowest BCUT2D eigenvalue weighted by Gasteiger charge is -2.34. The fourth-order valence-corrected chi connectivity index (χ4v) is 3.27. The molecule has 25 heavy (non-hydrogen) atoms. The van der Waals surface area contributed by atoms with Crippen molar-refractivity contribution in [3.8, 4) is 0 Å². The Labute approximate surface area is 154 Å². The van der Waals surface area contributed by atoms with Gasteiger partial charge >= 0.3 is 6.03 Å². The summed E-state index contributed by atoms with van der Waals surface area (Å²) in [6.07, 6.45) is 2.25. The van der Waals surface area contributed by atoms with Crippen molar-refractivity contribution in [3.05, 3.63) is 65.2 Å². The second-order valence-corrected chi connectivity index (χ2v) is 6.74. The van der Waals surface area contributed by atoms with Crippen LogP contribution in [0.1, 0.15) is 12.0 Å². The van der Waals surface area contributed by atoms with Crippen molar-refractivity contribution in [3.63, 3.8) is 0 Å². The first kappa shape index (κ1) is 17.8. The van der Waals surface area contributed by atoms with Crippen molar-refractivity contribution in [2.24, 2.45) is 0 Å². The van der Waals surface area contributed by atoms with Crippen LogP contribution in [0.2, 0.25) is 5.02 Å². The average Bonchev–Trinajstić information content (AvgIpc) is 2.65. The van der Waals surface area contributed by atoms with E-state index in [1.807, 2.05) is 23.1 Å². The predicted molar refractivity (Wildman–Crippen MR) is 103 cm³/mol. The lowest BCUT2D eigenvalue weighted by molar-refractivity contribution is 0.146. The number of hydrogen-bond donors (Lipinski definition) is 1. The lowest BCUT2D eigenvalue weighted by Crippen LogP contribution is -2.50. The van der Waals surface area contributed by atoms with Gasteiger partial charge in [-0.1, -0.05) is 54.1 Å². The van der Waals surface area contributed by atoms with Crippen molar-refractivity contribution >= 4 is 23.3 Å². The number of anilines is 1. The highest BCUT2D eigenvalue weighted by molar-refractivity contribution is 6.33. The Morgan fingerprint density at radius 2 is 1.64 bits per heavy atom. The molecule has 1 N–H and O–H groups in total. The van der Waals surface area contributed by atoms with E-state index in [-0.39, 0.29) is 6.03 Å². The molecule has 5 heteroatoms. The standard InChI is InChI=1S/C20H24ClN3O/c21-18-10-4-5-11-19(18)22-20(25)24-15-13-23(14-16-24)12-6-9-17-7-2-1-3-8-17/h1-5,7-8,10-11H,6,9,12-16H2,(H,22,25). The normalized spacial score (nSPS) is 15.2. The van der Waals surface area contributed by atoms with Crippen molar-refractivity contribution in [1.82, 2.24) is 9.80 Å². The molecule has 0 unspecified atom stereocenters. The van der Waals surface area contributed by atoms with Gasteiger partial charge in [0.15, 0.2) is 0 Å². The van der Waals surface area contributed by atoms with Gasteiger partial charge in [-0.15, -0.1) is 0 Å². The van der Waals surface area contributed by atoms with Gasteiger partial charge in [-0.25, -0.2) is 4.79 Å². The molecule has 2 aromatic rings. The molecule has 0 radical (unpaired) electrons. The molecule has 1 fully saturated rings. The molecule has 0 saturated carbocycles. The van der Waals surface area contributed by atoms with Crippen LogP contribution in [0, 0.1) is 0 Å². The highest BCUT2D eigenvalue weighted by Crippen LogP contribution is 2.21. The third-order valence-corrected chi connectivity index (χ3v) is 4.89. The Kier molecular flexibility index (Phi) is 6.31. The number of hydrogen-bond acceptors (Lipinski definition) is 2. The number of para-hydroxylation sites is 1. The number of amides is 2. The van der Waals surface area contributed by atoms with Crippen LogP contribution in [0.4, 0.5) is 10.5 Å². The molecule has 3 rings (SSSR count). The molecule has 1 heterocycles. The molecule has 0 aromatic heterocycles. The molecule has 0 aliphatic carbocycles. The van der Waals surface area contributed by atoms with Crippen LogP contribution in [-0.2, 0) is 6.42 Å². The van der Waals surface area contributed by atoms with Gasteiger partial charge in [0.1, 0.15) is 0 Å². The first-order valence-electron chi connectivity index (χ1n) is 8.79. The minimum absolute atomic E-state index is 0.0722. The molecule has 0 bridgehead atoms. The summed E-state index contributed by atoms with van der Waals surface area (Å²) in [7, 11) is 0. The van der Waals surface area contributed by atoms with Gasteiger partial charge in [-0.3, -0.25) is 4.90 Å². The molecule has 1 aliphatic rings. The van der Waals surface area contributed by atoms with E-state index in [4.69, 9.17) is 11.6 Å². The van der Waals surface area contributed by atoms with E-state index in [1.165, 1.54) is 5.56 Å².